The summed E-state index contributed by atoms with van der Waals surface area (Å²) in [6.45, 7) is 0.296. The van der Waals surface area contributed by atoms with Crippen molar-refractivity contribution in [2.75, 3.05) is 26.2 Å². The average molecular weight is 442 g/mol. The number of amides is 1. The predicted octanol–water partition coefficient (Wildman–Crippen LogP) is 3.39. The van der Waals surface area contributed by atoms with E-state index in [0.29, 0.717) is 5.56 Å². The summed E-state index contributed by atoms with van der Waals surface area (Å²) in [5, 5.41) is 0. The lowest BCUT2D eigenvalue weighted by atomic mass is 10.2. The summed E-state index contributed by atoms with van der Waals surface area (Å²) in [5.41, 5.74) is -0.409. The van der Waals surface area contributed by atoms with E-state index < -0.39 is 27.6 Å². The molecule has 0 radical (unpaired) electrons. The molecule has 1 amide bonds. The fourth-order valence-electron chi connectivity index (χ4n) is 3.00. The molecule has 2 aromatic carbocycles. The van der Waals surface area contributed by atoms with Gasteiger partial charge in [-0.3, -0.25) is 4.79 Å². The minimum atomic E-state index is -4.55. The number of hydrogen-bond acceptors (Lipinski definition) is 3. The fourth-order valence-corrected chi connectivity index (χ4v) is 4.42. The van der Waals surface area contributed by atoms with Crippen LogP contribution in [-0.4, -0.2) is 49.7 Å². The molecular formula is C20H18F4N2O3S. The van der Waals surface area contributed by atoms with E-state index in [-0.39, 0.29) is 37.0 Å². The van der Waals surface area contributed by atoms with Crippen molar-refractivity contribution in [3.05, 3.63) is 71.6 Å². The highest BCUT2D eigenvalue weighted by molar-refractivity contribution is 7.89. The lowest BCUT2D eigenvalue weighted by Crippen LogP contribution is -2.50. The Morgan fingerprint density at radius 2 is 1.60 bits per heavy atom. The second kappa shape index (κ2) is 8.57. The first-order valence-electron chi connectivity index (χ1n) is 8.97. The quantitative estimate of drug-likeness (QED) is 0.539. The summed E-state index contributed by atoms with van der Waals surface area (Å²) in [4.78, 5) is 13.5. The third-order valence-electron chi connectivity index (χ3n) is 4.64. The van der Waals surface area contributed by atoms with Crippen molar-refractivity contribution in [3.63, 3.8) is 0 Å². The van der Waals surface area contributed by atoms with Gasteiger partial charge < -0.3 is 4.90 Å². The van der Waals surface area contributed by atoms with Gasteiger partial charge in [0.25, 0.3) is 0 Å². The Labute approximate surface area is 171 Å². The number of rotatable bonds is 4. The average Bonchev–Trinajstić information content (AvgIpc) is 2.71. The number of carbonyl (C=O) groups excluding carboxylic acids is 1. The van der Waals surface area contributed by atoms with Gasteiger partial charge in [0.1, 0.15) is 5.82 Å². The lowest BCUT2D eigenvalue weighted by Gasteiger charge is -2.33. The van der Waals surface area contributed by atoms with Gasteiger partial charge >= 0.3 is 6.18 Å². The number of nitrogens with zero attached hydrogens (tertiary/aromatic N) is 2. The van der Waals surface area contributed by atoms with Crippen LogP contribution in [0.3, 0.4) is 0 Å². The Bertz CT molecular complexity index is 1040. The highest BCUT2D eigenvalue weighted by Crippen LogP contribution is 2.30. The molecule has 3 rings (SSSR count). The topological polar surface area (TPSA) is 57.7 Å². The van der Waals surface area contributed by atoms with Gasteiger partial charge in [-0.1, -0.05) is 12.1 Å². The maximum absolute atomic E-state index is 13.2. The van der Waals surface area contributed by atoms with E-state index in [1.165, 1.54) is 35.3 Å². The summed E-state index contributed by atoms with van der Waals surface area (Å²) >= 11 is 0. The summed E-state index contributed by atoms with van der Waals surface area (Å²) in [7, 11) is -3.97. The molecule has 2 aromatic rings. The molecule has 5 nitrogen and oxygen atoms in total. The Hall–Kier alpha value is -2.72. The molecule has 1 heterocycles. The molecule has 0 saturated carbocycles. The molecule has 0 N–H and O–H groups in total. The largest absolute Gasteiger partial charge is 0.416 e. The van der Waals surface area contributed by atoms with Crippen LogP contribution in [0.4, 0.5) is 17.6 Å². The van der Waals surface area contributed by atoms with Gasteiger partial charge in [-0.15, -0.1) is 0 Å². The minimum absolute atomic E-state index is 0.0168. The van der Waals surface area contributed by atoms with E-state index in [1.807, 2.05) is 0 Å². The number of benzene rings is 2. The number of hydrogen-bond donors (Lipinski definition) is 0. The third-order valence-corrected chi connectivity index (χ3v) is 6.55. The van der Waals surface area contributed by atoms with Gasteiger partial charge in [0.2, 0.25) is 15.9 Å². The number of alkyl halides is 3. The molecule has 0 spiro atoms. The molecule has 1 fully saturated rings. The van der Waals surface area contributed by atoms with Crippen molar-refractivity contribution >= 4 is 22.0 Å². The van der Waals surface area contributed by atoms with Gasteiger partial charge in [-0.05, 0) is 48.0 Å². The van der Waals surface area contributed by atoms with E-state index in [9.17, 15) is 30.8 Å². The van der Waals surface area contributed by atoms with Crippen molar-refractivity contribution in [2.45, 2.75) is 11.1 Å². The normalized spacial score (nSPS) is 16.2. The van der Waals surface area contributed by atoms with Crippen molar-refractivity contribution in [1.82, 2.24) is 9.21 Å². The molecule has 1 aliphatic rings. The maximum Gasteiger partial charge on any atom is 0.416 e. The number of carbonyl (C=O) groups is 1. The van der Waals surface area contributed by atoms with E-state index in [0.717, 1.165) is 28.6 Å². The second-order valence-corrected chi connectivity index (χ2v) is 8.58. The number of halogens is 4. The van der Waals surface area contributed by atoms with Crippen molar-refractivity contribution in [1.29, 1.82) is 0 Å². The van der Waals surface area contributed by atoms with Crippen LogP contribution in [0.2, 0.25) is 0 Å². The molecule has 1 saturated heterocycles. The monoisotopic (exact) mass is 442 g/mol. The maximum atomic E-state index is 13.2. The van der Waals surface area contributed by atoms with Crippen LogP contribution in [0.15, 0.2) is 59.5 Å². The van der Waals surface area contributed by atoms with Gasteiger partial charge in [0, 0.05) is 32.3 Å². The van der Waals surface area contributed by atoms with E-state index in [1.54, 1.807) is 6.07 Å². The molecule has 30 heavy (non-hydrogen) atoms. The molecule has 0 aromatic heterocycles. The summed E-state index contributed by atoms with van der Waals surface area (Å²) in [5.74, 6) is -0.766. The van der Waals surface area contributed by atoms with E-state index >= 15 is 0 Å². The van der Waals surface area contributed by atoms with Crippen molar-refractivity contribution in [3.8, 4) is 0 Å². The van der Waals surface area contributed by atoms with Crippen LogP contribution < -0.4 is 0 Å². The highest BCUT2D eigenvalue weighted by Gasteiger charge is 2.33. The zero-order valence-corrected chi connectivity index (χ0v) is 16.5. The standard InChI is InChI=1S/C20H18F4N2O3S/c21-17-3-1-2-15(14-17)4-9-19(27)25-10-12-26(13-11-25)30(28,29)18-7-5-16(6-8-18)20(22,23)24/h1-9,14H,10-13H2/b9-4+. The molecule has 0 bridgehead atoms. The predicted molar refractivity (Wildman–Crippen MR) is 102 cm³/mol. The number of sulfonamides is 1. The Balaban J connectivity index is 1.62. The van der Waals surface area contributed by atoms with Crippen LogP contribution in [0.5, 0.6) is 0 Å². The number of piperazine rings is 1. The van der Waals surface area contributed by atoms with Gasteiger partial charge in [-0.2, -0.15) is 17.5 Å². The zero-order valence-electron chi connectivity index (χ0n) is 15.6. The first-order chi connectivity index (χ1) is 14.1. The fraction of sp³-hybridized carbons (Fsp3) is 0.250. The zero-order chi connectivity index (χ0) is 21.9. The Kier molecular flexibility index (Phi) is 6.27. The first kappa shape index (κ1) is 22.0. The summed E-state index contributed by atoms with van der Waals surface area (Å²) < 4.78 is 77.6. The first-order valence-corrected chi connectivity index (χ1v) is 10.4. The molecular weight excluding hydrogens is 424 g/mol. The second-order valence-electron chi connectivity index (χ2n) is 6.64. The SMILES string of the molecule is O=C(/C=C/c1cccc(F)c1)N1CCN(S(=O)(=O)c2ccc(C(F)(F)F)cc2)CC1. The van der Waals surface area contributed by atoms with Crippen molar-refractivity contribution in [2.24, 2.45) is 0 Å². The van der Waals surface area contributed by atoms with Crippen LogP contribution >= 0.6 is 0 Å². The van der Waals surface area contributed by atoms with Crippen LogP contribution in [0, 0.1) is 5.82 Å². The molecule has 0 unspecified atom stereocenters. The van der Waals surface area contributed by atoms with Crippen LogP contribution in [0.25, 0.3) is 6.08 Å². The van der Waals surface area contributed by atoms with E-state index in [2.05, 4.69) is 0 Å². The van der Waals surface area contributed by atoms with Crippen LogP contribution in [0.1, 0.15) is 11.1 Å². The molecule has 0 aliphatic carbocycles. The summed E-state index contributed by atoms with van der Waals surface area (Å²) in [6, 6.07) is 9.03. The molecule has 10 heteroatoms. The van der Waals surface area contributed by atoms with Gasteiger partial charge in [0.05, 0.1) is 10.5 Å². The molecule has 1 aliphatic heterocycles. The highest BCUT2D eigenvalue weighted by atomic mass is 32.2. The Morgan fingerprint density at radius 1 is 0.967 bits per heavy atom. The van der Waals surface area contributed by atoms with Crippen LogP contribution in [-0.2, 0) is 21.0 Å². The van der Waals surface area contributed by atoms with Gasteiger partial charge in [-0.25, -0.2) is 12.8 Å². The third kappa shape index (κ3) is 5.06. The smallest absolute Gasteiger partial charge is 0.337 e. The Morgan fingerprint density at radius 3 is 2.17 bits per heavy atom. The van der Waals surface area contributed by atoms with Crippen molar-refractivity contribution < 1.29 is 30.8 Å². The minimum Gasteiger partial charge on any atom is -0.337 e. The van der Waals surface area contributed by atoms with E-state index in [4.69, 9.17) is 0 Å². The summed E-state index contributed by atoms with van der Waals surface area (Å²) in [6.07, 6.45) is -1.79. The molecule has 160 valence electrons. The molecule has 0 atom stereocenters. The lowest BCUT2D eigenvalue weighted by molar-refractivity contribution is -0.137. The van der Waals surface area contributed by atoms with Gasteiger partial charge in [0.15, 0.2) is 0 Å².